The van der Waals surface area contributed by atoms with Gasteiger partial charge >= 0.3 is 0 Å². The summed E-state index contributed by atoms with van der Waals surface area (Å²) in [5, 5.41) is 2.89. The van der Waals surface area contributed by atoms with Gasteiger partial charge in [-0.05, 0) is 28.1 Å². The Balaban J connectivity index is 1.98. The normalized spacial score (nSPS) is 11.1. The van der Waals surface area contributed by atoms with E-state index < -0.39 is 0 Å². The molecule has 1 amide bonds. The van der Waals surface area contributed by atoms with Crippen LogP contribution in [0.2, 0.25) is 0 Å². The van der Waals surface area contributed by atoms with E-state index in [1.807, 2.05) is 42.8 Å². The molecule has 0 saturated carbocycles. The zero-order valence-corrected chi connectivity index (χ0v) is 12.1. The Labute approximate surface area is 115 Å². The highest BCUT2D eigenvalue weighted by atomic mass is 79.9. The summed E-state index contributed by atoms with van der Waals surface area (Å²) in [6.07, 6.45) is 4.71. The van der Waals surface area contributed by atoms with Crippen LogP contribution in [0.4, 0.5) is 0 Å². The van der Waals surface area contributed by atoms with Crippen LogP contribution in [0.5, 0.6) is 0 Å². The van der Waals surface area contributed by atoms with Gasteiger partial charge in [-0.1, -0.05) is 13.8 Å². The molecule has 0 radical (unpaired) electrons. The highest BCUT2D eigenvalue weighted by Crippen LogP contribution is 2.12. The van der Waals surface area contributed by atoms with Crippen LogP contribution in [0.1, 0.15) is 19.5 Å². The predicted molar refractivity (Wildman–Crippen MR) is 74.4 cm³/mol. The van der Waals surface area contributed by atoms with Gasteiger partial charge in [-0.2, -0.15) is 0 Å². The van der Waals surface area contributed by atoms with Crippen molar-refractivity contribution in [2.45, 2.75) is 20.3 Å². The summed E-state index contributed by atoms with van der Waals surface area (Å²) < 4.78 is 3.00. The molecule has 0 aliphatic heterocycles. The van der Waals surface area contributed by atoms with Gasteiger partial charge in [-0.25, -0.2) is 4.98 Å². The lowest BCUT2D eigenvalue weighted by molar-refractivity contribution is -0.123. The number of nitrogens with one attached hydrogen (secondary N) is 1. The van der Waals surface area contributed by atoms with Crippen molar-refractivity contribution >= 4 is 27.5 Å². The van der Waals surface area contributed by atoms with Crippen LogP contribution in [0, 0.1) is 5.92 Å². The molecule has 0 aliphatic rings. The quantitative estimate of drug-likeness (QED) is 0.942. The zero-order chi connectivity index (χ0) is 13.1. The van der Waals surface area contributed by atoms with Crippen LogP contribution in [0.15, 0.2) is 29.0 Å². The first-order valence-electron chi connectivity index (χ1n) is 5.97. The first-order chi connectivity index (χ1) is 8.56. The molecule has 2 aromatic rings. The molecule has 5 heteroatoms. The van der Waals surface area contributed by atoms with Crippen molar-refractivity contribution in [3.05, 3.63) is 34.7 Å². The lowest BCUT2D eigenvalue weighted by Crippen LogP contribution is -2.29. The Hall–Kier alpha value is -1.36. The van der Waals surface area contributed by atoms with Crippen LogP contribution < -0.4 is 5.32 Å². The van der Waals surface area contributed by atoms with Crippen LogP contribution in [-0.2, 0) is 11.2 Å². The fraction of sp³-hybridized carbons (Fsp3) is 0.385. The number of nitrogens with zero attached hydrogens (tertiary/aromatic N) is 2. The van der Waals surface area contributed by atoms with Gasteiger partial charge in [-0.15, -0.1) is 0 Å². The summed E-state index contributed by atoms with van der Waals surface area (Å²) in [5.41, 5.74) is 1.90. The van der Waals surface area contributed by atoms with Gasteiger partial charge in [0.25, 0.3) is 0 Å². The van der Waals surface area contributed by atoms with Gasteiger partial charge in [0.05, 0.1) is 5.69 Å². The van der Waals surface area contributed by atoms with Gasteiger partial charge in [-0.3, -0.25) is 4.79 Å². The number of fused-ring (bicyclic) bond motifs is 1. The molecule has 0 aromatic carbocycles. The van der Waals surface area contributed by atoms with Crippen molar-refractivity contribution in [2.24, 2.45) is 5.92 Å². The molecule has 1 N–H and O–H groups in total. The molecular formula is C13H16BrN3O. The lowest BCUT2D eigenvalue weighted by Gasteiger charge is -2.05. The maximum atomic E-state index is 11.4. The Kier molecular flexibility index (Phi) is 4.01. The smallest absolute Gasteiger partial charge is 0.222 e. The maximum Gasteiger partial charge on any atom is 0.222 e. The van der Waals surface area contributed by atoms with E-state index in [0.717, 1.165) is 22.2 Å². The Morgan fingerprint density at radius 1 is 1.44 bits per heavy atom. The second-order valence-electron chi connectivity index (χ2n) is 4.54. The van der Waals surface area contributed by atoms with E-state index in [2.05, 4.69) is 26.2 Å². The summed E-state index contributed by atoms with van der Waals surface area (Å²) in [4.78, 5) is 15.9. The molecule has 2 aromatic heterocycles. The molecular weight excluding hydrogens is 294 g/mol. The van der Waals surface area contributed by atoms with Gasteiger partial charge in [0.1, 0.15) is 5.65 Å². The van der Waals surface area contributed by atoms with Gasteiger partial charge in [0.15, 0.2) is 0 Å². The van der Waals surface area contributed by atoms with Crippen LogP contribution in [0.3, 0.4) is 0 Å². The third-order valence-electron chi connectivity index (χ3n) is 2.67. The standard InChI is InChI=1S/C13H16BrN3O/c1-9(2)13(18)15-6-5-11-8-17-7-10(14)3-4-12(17)16-11/h3-4,7-9H,5-6H2,1-2H3,(H,15,18). The second kappa shape index (κ2) is 5.52. The average Bonchev–Trinajstić information content (AvgIpc) is 2.70. The predicted octanol–water partition coefficient (Wildman–Crippen LogP) is 2.41. The van der Waals surface area contributed by atoms with Gasteiger partial charge in [0.2, 0.25) is 5.91 Å². The molecule has 18 heavy (non-hydrogen) atoms. The topological polar surface area (TPSA) is 46.4 Å². The minimum Gasteiger partial charge on any atom is -0.355 e. The number of carbonyl (C=O) groups is 1. The van der Waals surface area contributed by atoms with Crippen LogP contribution in [0.25, 0.3) is 5.65 Å². The Bertz CT molecular complexity index is 562. The molecule has 0 unspecified atom stereocenters. The Morgan fingerprint density at radius 3 is 2.94 bits per heavy atom. The number of imidazole rings is 1. The van der Waals surface area contributed by atoms with Crippen molar-refractivity contribution < 1.29 is 4.79 Å². The third kappa shape index (κ3) is 3.10. The van der Waals surface area contributed by atoms with E-state index in [1.165, 1.54) is 0 Å². The van der Waals surface area contributed by atoms with Gasteiger partial charge in [0, 0.05) is 35.7 Å². The molecule has 96 valence electrons. The zero-order valence-electron chi connectivity index (χ0n) is 10.5. The van der Waals surface area contributed by atoms with Crippen LogP contribution >= 0.6 is 15.9 Å². The maximum absolute atomic E-state index is 11.4. The summed E-state index contributed by atoms with van der Waals surface area (Å²) in [7, 11) is 0. The number of pyridine rings is 1. The summed E-state index contributed by atoms with van der Waals surface area (Å²) in [6, 6.07) is 3.92. The monoisotopic (exact) mass is 309 g/mol. The lowest BCUT2D eigenvalue weighted by atomic mass is 10.2. The van der Waals surface area contributed by atoms with E-state index in [1.54, 1.807) is 0 Å². The molecule has 2 rings (SSSR count). The van der Waals surface area contributed by atoms with E-state index in [9.17, 15) is 4.79 Å². The minimum atomic E-state index is 0.0297. The van der Waals surface area contributed by atoms with E-state index in [4.69, 9.17) is 0 Å². The van der Waals surface area contributed by atoms with E-state index in [-0.39, 0.29) is 11.8 Å². The number of halogens is 1. The second-order valence-corrected chi connectivity index (χ2v) is 5.46. The fourth-order valence-electron chi connectivity index (χ4n) is 1.66. The van der Waals surface area contributed by atoms with E-state index in [0.29, 0.717) is 6.54 Å². The van der Waals surface area contributed by atoms with Crippen LogP contribution in [-0.4, -0.2) is 21.8 Å². The number of amides is 1. The summed E-state index contributed by atoms with van der Waals surface area (Å²) >= 11 is 3.42. The third-order valence-corrected chi connectivity index (χ3v) is 3.14. The fourth-order valence-corrected chi connectivity index (χ4v) is 2.01. The van der Waals surface area contributed by atoms with Gasteiger partial charge < -0.3 is 9.72 Å². The molecule has 0 fully saturated rings. The highest BCUT2D eigenvalue weighted by Gasteiger charge is 2.06. The Morgan fingerprint density at radius 2 is 2.22 bits per heavy atom. The van der Waals surface area contributed by atoms with Crippen molar-refractivity contribution in [1.82, 2.24) is 14.7 Å². The highest BCUT2D eigenvalue weighted by molar-refractivity contribution is 9.10. The molecule has 0 saturated heterocycles. The number of hydrogen-bond donors (Lipinski definition) is 1. The largest absolute Gasteiger partial charge is 0.355 e. The van der Waals surface area contributed by atoms with Crippen molar-refractivity contribution in [2.75, 3.05) is 6.54 Å². The number of rotatable bonds is 4. The molecule has 2 heterocycles. The van der Waals surface area contributed by atoms with Crippen molar-refractivity contribution in [3.8, 4) is 0 Å². The summed E-state index contributed by atoms with van der Waals surface area (Å²) in [5.74, 6) is 0.114. The number of aromatic nitrogens is 2. The van der Waals surface area contributed by atoms with Crippen molar-refractivity contribution in [3.63, 3.8) is 0 Å². The minimum absolute atomic E-state index is 0.0297. The molecule has 4 nitrogen and oxygen atoms in total. The molecule has 0 atom stereocenters. The number of carbonyl (C=O) groups excluding carboxylic acids is 1. The number of hydrogen-bond acceptors (Lipinski definition) is 2. The summed E-state index contributed by atoms with van der Waals surface area (Å²) in [6.45, 7) is 4.40. The van der Waals surface area contributed by atoms with Crippen molar-refractivity contribution in [1.29, 1.82) is 0 Å². The average molecular weight is 310 g/mol. The molecule has 0 bridgehead atoms. The van der Waals surface area contributed by atoms with E-state index >= 15 is 0 Å². The first-order valence-corrected chi connectivity index (χ1v) is 6.76. The SMILES string of the molecule is CC(C)C(=O)NCCc1cn2cc(Br)ccc2n1. The first kappa shape index (κ1) is 13.1. The molecule has 0 spiro atoms. The molecule has 0 aliphatic carbocycles.